The fraction of sp³-hybridized carbons (Fsp3) is 0.400. The third kappa shape index (κ3) is 3.71. The van der Waals surface area contributed by atoms with Gasteiger partial charge in [0.15, 0.2) is 5.78 Å². The van der Waals surface area contributed by atoms with E-state index < -0.39 is 5.97 Å². The molecule has 0 amide bonds. The number of ketones is 1. The Labute approximate surface area is 91.2 Å². The van der Waals surface area contributed by atoms with Gasteiger partial charge in [0.2, 0.25) is 0 Å². The minimum Gasteiger partial charge on any atom is -0.506 e. The molecular formula is C10H12O4S. The van der Waals surface area contributed by atoms with Crippen LogP contribution in [0.4, 0.5) is 0 Å². The van der Waals surface area contributed by atoms with Gasteiger partial charge in [-0.3, -0.25) is 9.59 Å². The quantitative estimate of drug-likeness (QED) is 0.578. The van der Waals surface area contributed by atoms with E-state index in [2.05, 4.69) is 0 Å². The molecule has 0 aliphatic heterocycles. The summed E-state index contributed by atoms with van der Waals surface area (Å²) in [6.07, 6.45) is 1.42. The molecule has 0 atom stereocenters. The van der Waals surface area contributed by atoms with Gasteiger partial charge in [-0.05, 0) is 24.3 Å². The summed E-state index contributed by atoms with van der Waals surface area (Å²) >= 11 is 1.21. The normalized spacial score (nSPS) is 10.1. The summed E-state index contributed by atoms with van der Waals surface area (Å²) in [5.41, 5.74) is 0. The first kappa shape index (κ1) is 11.7. The van der Waals surface area contributed by atoms with E-state index >= 15 is 0 Å². The van der Waals surface area contributed by atoms with Crippen molar-refractivity contribution in [1.82, 2.24) is 0 Å². The summed E-state index contributed by atoms with van der Waals surface area (Å²) in [5.74, 6) is -0.947. The number of carboxylic acids is 1. The van der Waals surface area contributed by atoms with Gasteiger partial charge in [-0.15, -0.1) is 11.3 Å². The van der Waals surface area contributed by atoms with Crippen molar-refractivity contribution in [1.29, 1.82) is 0 Å². The number of aromatic hydroxyl groups is 1. The summed E-state index contributed by atoms with van der Waals surface area (Å²) in [6, 6.07) is 1.48. The first-order valence-corrected chi connectivity index (χ1v) is 5.50. The summed E-state index contributed by atoms with van der Waals surface area (Å²) in [6.45, 7) is 0. The Morgan fingerprint density at radius 2 is 1.93 bits per heavy atom. The van der Waals surface area contributed by atoms with E-state index in [-0.39, 0.29) is 18.0 Å². The number of carboxylic acid groups (broad SMARTS) is 1. The number of hydrogen-bond acceptors (Lipinski definition) is 4. The van der Waals surface area contributed by atoms with Crippen molar-refractivity contribution in [2.75, 3.05) is 0 Å². The molecule has 0 spiro atoms. The maximum atomic E-state index is 11.5. The molecule has 0 bridgehead atoms. The van der Waals surface area contributed by atoms with Crippen LogP contribution in [0.3, 0.4) is 0 Å². The topological polar surface area (TPSA) is 74.6 Å². The molecule has 0 radical (unpaired) electrons. The lowest BCUT2D eigenvalue weighted by Crippen LogP contribution is -1.98. The Balaban J connectivity index is 2.31. The lowest BCUT2D eigenvalue weighted by molar-refractivity contribution is -0.137. The number of thiophene rings is 1. The van der Waals surface area contributed by atoms with Crippen molar-refractivity contribution in [3.63, 3.8) is 0 Å². The van der Waals surface area contributed by atoms with Crippen LogP contribution in [-0.2, 0) is 4.79 Å². The molecule has 4 nitrogen and oxygen atoms in total. The predicted octanol–water partition coefficient (Wildman–Crippen LogP) is 2.28. The standard InChI is InChI=1S/C10H12O4S/c11-7(3-1-2-4-9(13)14)10-8(12)5-6-15-10/h5-6,12H,1-4H2,(H,13,14). The largest absolute Gasteiger partial charge is 0.506 e. The second kappa shape index (κ2) is 5.50. The van der Waals surface area contributed by atoms with E-state index in [1.807, 2.05) is 0 Å². The lowest BCUT2D eigenvalue weighted by atomic mass is 10.1. The second-order valence-corrected chi connectivity index (χ2v) is 4.08. The van der Waals surface area contributed by atoms with Crippen LogP contribution in [-0.4, -0.2) is 22.0 Å². The SMILES string of the molecule is O=C(O)CCCCC(=O)c1sccc1O. The number of unbranched alkanes of at least 4 members (excludes halogenated alkanes) is 1. The van der Waals surface area contributed by atoms with Crippen LogP contribution < -0.4 is 0 Å². The minimum atomic E-state index is -0.846. The molecule has 2 N–H and O–H groups in total. The summed E-state index contributed by atoms with van der Waals surface area (Å²) in [5, 5.41) is 19.3. The molecule has 0 saturated carbocycles. The van der Waals surface area contributed by atoms with Crippen LogP contribution in [0.5, 0.6) is 5.75 Å². The molecule has 5 heteroatoms. The molecule has 0 aliphatic carbocycles. The number of carbonyl (C=O) groups excluding carboxylic acids is 1. The second-order valence-electron chi connectivity index (χ2n) is 3.16. The van der Waals surface area contributed by atoms with Gasteiger partial charge in [-0.2, -0.15) is 0 Å². The van der Waals surface area contributed by atoms with Crippen LogP contribution in [0.25, 0.3) is 0 Å². The highest BCUT2D eigenvalue weighted by molar-refractivity contribution is 7.12. The van der Waals surface area contributed by atoms with Gasteiger partial charge >= 0.3 is 5.97 Å². The van der Waals surface area contributed by atoms with Gasteiger partial charge in [-0.25, -0.2) is 0 Å². The first-order chi connectivity index (χ1) is 7.11. The van der Waals surface area contributed by atoms with E-state index in [9.17, 15) is 14.7 Å². The van der Waals surface area contributed by atoms with Crippen molar-refractivity contribution in [2.24, 2.45) is 0 Å². The zero-order chi connectivity index (χ0) is 11.3. The van der Waals surface area contributed by atoms with Gasteiger partial charge in [0.1, 0.15) is 10.6 Å². The van der Waals surface area contributed by atoms with Crippen LogP contribution in [0.1, 0.15) is 35.4 Å². The van der Waals surface area contributed by atoms with Crippen molar-refractivity contribution in [3.05, 3.63) is 16.3 Å². The highest BCUT2D eigenvalue weighted by Crippen LogP contribution is 2.25. The van der Waals surface area contributed by atoms with Crippen LogP contribution in [0.15, 0.2) is 11.4 Å². The van der Waals surface area contributed by atoms with Crippen molar-refractivity contribution in [2.45, 2.75) is 25.7 Å². The molecule has 1 aromatic rings. The van der Waals surface area contributed by atoms with Gasteiger partial charge in [-0.1, -0.05) is 0 Å². The van der Waals surface area contributed by atoms with E-state index in [1.54, 1.807) is 5.38 Å². The summed E-state index contributed by atoms with van der Waals surface area (Å²) < 4.78 is 0. The molecule has 15 heavy (non-hydrogen) atoms. The number of rotatable bonds is 6. The van der Waals surface area contributed by atoms with Crippen LogP contribution >= 0.6 is 11.3 Å². The van der Waals surface area contributed by atoms with Crippen molar-refractivity contribution >= 4 is 23.1 Å². The maximum absolute atomic E-state index is 11.5. The first-order valence-electron chi connectivity index (χ1n) is 4.62. The molecule has 1 heterocycles. The Morgan fingerprint density at radius 1 is 1.27 bits per heavy atom. The highest BCUT2D eigenvalue weighted by Gasteiger charge is 2.12. The fourth-order valence-electron chi connectivity index (χ4n) is 1.19. The zero-order valence-electron chi connectivity index (χ0n) is 8.10. The number of Topliss-reactive ketones (excluding diaryl/α,β-unsaturated/α-hetero) is 1. The molecule has 0 unspecified atom stereocenters. The monoisotopic (exact) mass is 228 g/mol. The molecule has 1 rings (SSSR count). The maximum Gasteiger partial charge on any atom is 0.303 e. The summed E-state index contributed by atoms with van der Waals surface area (Å²) in [7, 11) is 0. The minimum absolute atomic E-state index is 0.0169. The van der Waals surface area contributed by atoms with Gasteiger partial charge in [0, 0.05) is 12.8 Å². The molecule has 82 valence electrons. The van der Waals surface area contributed by atoms with Crippen molar-refractivity contribution < 1.29 is 19.8 Å². The number of hydrogen-bond donors (Lipinski definition) is 2. The van der Waals surface area contributed by atoms with Crippen LogP contribution in [0, 0.1) is 0 Å². The van der Waals surface area contributed by atoms with Gasteiger partial charge in [0.05, 0.1) is 0 Å². The zero-order valence-corrected chi connectivity index (χ0v) is 8.92. The molecular weight excluding hydrogens is 216 g/mol. The summed E-state index contributed by atoms with van der Waals surface area (Å²) in [4.78, 5) is 22.0. The van der Waals surface area contributed by atoms with E-state index in [1.165, 1.54) is 17.4 Å². The van der Waals surface area contributed by atoms with Gasteiger partial charge in [0.25, 0.3) is 0 Å². The predicted molar refractivity (Wildman–Crippen MR) is 56.4 cm³/mol. The molecule has 0 saturated heterocycles. The average molecular weight is 228 g/mol. The van der Waals surface area contributed by atoms with E-state index in [0.29, 0.717) is 24.1 Å². The molecule has 0 aliphatic rings. The number of carbonyl (C=O) groups is 2. The molecule has 0 aromatic carbocycles. The van der Waals surface area contributed by atoms with E-state index in [4.69, 9.17) is 5.11 Å². The lowest BCUT2D eigenvalue weighted by Gasteiger charge is -1.98. The Hall–Kier alpha value is -1.36. The molecule has 1 aromatic heterocycles. The smallest absolute Gasteiger partial charge is 0.303 e. The highest BCUT2D eigenvalue weighted by atomic mass is 32.1. The third-order valence-electron chi connectivity index (χ3n) is 1.94. The van der Waals surface area contributed by atoms with Gasteiger partial charge < -0.3 is 10.2 Å². The Kier molecular flexibility index (Phi) is 4.30. The molecule has 0 fully saturated rings. The van der Waals surface area contributed by atoms with Crippen LogP contribution in [0.2, 0.25) is 0 Å². The average Bonchev–Trinajstić information content (AvgIpc) is 2.58. The van der Waals surface area contributed by atoms with Crippen molar-refractivity contribution in [3.8, 4) is 5.75 Å². The number of aliphatic carboxylic acids is 1. The Morgan fingerprint density at radius 3 is 2.47 bits per heavy atom. The van der Waals surface area contributed by atoms with E-state index in [0.717, 1.165) is 0 Å². The fourth-order valence-corrected chi connectivity index (χ4v) is 1.94. The Bertz CT molecular complexity index is 356. The third-order valence-corrected chi connectivity index (χ3v) is 2.89.